The summed E-state index contributed by atoms with van der Waals surface area (Å²) in [7, 11) is 0. The molecular formula is C15H25NO3S. The average Bonchev–Trinajstić information content (AvgIpc) is 3.00. The van der Waals surface area contributed by atoms with E-state index in [4.69, 9.17) is 4.74 Å². The molecule has 2 rings (SSSR count). The van der Waals surface area contributed by atoms with Crippen LogP contribution in [0.3, 0.4) is 0 Å². The van der Waals surface area contributed by atoms with Crippen LogP contribution in [-0.2, 0) is 4.74 Å². The summed E-state index contributed by atoms with van der Waals surface area (Å²) in [5, 5.41) is 26.7. The molecule has 3 N–H and O–H groups in total. The molecule has 0 radical (unpaired) electrons. The van der Waals surface area contributed by atoms with Gasteiger partial charge in [0.1, 0.15) is 0 Å². The van der Waals surface area contributed by atoms with Gasteiger partial charge in [0.05, 0.1) is 24.9 Å². The highest BCUT2D eigenvalue weighted by Gasteiger charge is 2.15. The average molecular weight is 299 g/mol. The molecule has 0 spiro atoms. The number of rotatable bonds is 8. The molecule has 1 fully saturated rings. The topological polar surface area (TPSA) is 61.7 Å². The smallest absolute Gasteiger partial charge is 0.0922 e. The van der Waals surface area contributed by atoms with E-state index in [1.165, 1.54) is 19.3 Å². The lowest BCUT2D eigenvalue weighted by molar-refractivity contribution is -0.0235. The van der Waals surface area contributed by atoms with Gasteiger partial charge in [0, 0.05) is 13.1 Å². The number of thiophene rings is 1. The largest absolute Gasteiger partial charge is 0.389 e. The minimum atomic E-state index is -0.508. The van der Waals surface area contributed by atoms with Crippen LogP contribution in [0.15, 0.2) is 16.8 Å². The van der Waals surface area contributed by atoms with Gasteiger partial charge in [-0.3, -0.25) is 0 Å². The first kappa shape index (κ1) is 15.9. The zero-order valence-electron chi connectivity index (χ0n) is 11.8. The van der Waals surface area contributed by atoms with E-state index in [1.807, 2.05) is 16.8 Å². The molecular weight excluding hydrogens is 274 g/mol. The van der Waals surface area contributed by atoms with Gasteiger partial charge in [-0.25, -0.2) is 0 Å². The van der Waals surface area contributed by atoms with Crippen molar-refractivity contribution in [1.29, 1.82) is 0 Å². The second-order valence-corrected chi connectivity index (χ2v) is 6.26. The van der Waals surface area contributed by atoms with Gasteiger partial charge in [-0.15, -0.1) is 0 Å². The molecule has 0 aromatic carbocycles. The van der Waals surface area contributed by atoms with Crippen molar-refractivity contribution >= 4 is 11.3 Å². The van der Waals surface area contributed by atoms with Gasteiger partial charge in [0.15, 0.2) is 0 Å². The van der Waals surface area contributed by atoms with Crippen molar-refractivity contribution < 1.29 is 14.9 Å². The summed E-state index contributed by atoms with van der Waals surface area (Å²) in [5.74, 6) is 0. The SMILES string of the molecule is OC(CNCC(O)c1ccsc1)COC1CCCCC1. The molecule has 5 heteroatoms. The van der Waals surface area contributed by atoms with E-state index in [2.05, 4.69) is 5.32 Å². The predicted octanol–water partition coefficient (Wildman–Crippen LogP) is 2.08. The maximum Gasteiger partial charge on any atom is 0.0922 e. The maximum atomic E-state index is 9.89. The third-order valence-electron chi connectivity index (χ3n) is 3.72. The molecule has 4 nitrogen and oxygen atoms in total. The number of aliphatic hydroxyl groups is 2. The minimum Gasteiger partial charge on any atom is -0.389 e. The summed E-state index contributed by atoms with van der Waals surface area (Å²) in [4.78, 5) is 0. The number of aliphatic hydroxyl groups excluding tert-OH is 2. The fourth-order valence-electron chi connectivity index (χ4n) is 2.51. The zero-order chi connectivity index (χ0) is 14.2. The summed E-state index contributed by atoms with van der Waals surface area (Å²) >= 11 is 1.57. The summed E-state index contributed by atoms with van der Waals surface area (Å²) in [6.07, 6.45) is 5.35. The monoisotopic (exact) mass is 299 g/mol. The van der Waals surface area contributed by atoms with Gasteiger partial charge in [-0.05, 0) is 35.2 Å². The zero-order valence-corrected chi connectivity index (χ0v) is 12.6. The molecule has 20 heavy (non-hydrogen) atoms. The van der Waals surface area contributed by atoms with Crippen LogP contribution in [0.1, 0.15) is 43.8 Å². The lowest BCUT2D eigenvalue weighted by Gasteiger charge is -2.23. The first-order valence-electron chi connectivity index (χ1n) is 7.46. The predicted molar refractivity (Wildman–Crippen MR) is 81.0 cm³/mol. The van der Waals surface area contributed by atoms with Crippen molar-refractivity contribution in [2.75, 3.05) is 19.7 Å². The van der Waals surface area contributed by atoms with Crippen molar-refractivity contribution in [2.24, 2.45) is 0 Å². The van der Waals surface area contributed by atoms with Gasteiger partial charge in [-0.1, -0.05) is 19.3 Å². The quantitative estimate of drug-likeness (QED) is 0.688. The molecule has 0 aliphatic heterocycles. The molecule has 0 amide bonds. The molecule has 114 valence electrons. The van der Waals surface area contributed by atoms with E-state index in [-0.39, 0.29) is 0 Å². The third-order valence-corrected chi connectivity index (χ3v) is 4.42. The molecule has 0 saturated heterocycles. The minimum absolute atomic E-state index is 0.329. The molecule has 1 aliphatic carbocycles. The molecule has 2 atom stereocenters. The molecule has 2 unspecified atom stereocenters. The van der Waals surface area contributed by atoms with Crippen LogP contribution in [0, 0.1) is 0 Å². The Labute approximate surface area is 124 Å². The second kappa shape index (κ2) is 8.74. The Morgan fingerprint density at radius 2 is 2.05 bits per heavy atom. The van der Waals surface area contributed by atoms with Crippen LogP contribution >= 0.6 is 11.3 Å². The highest BCUT2D eigenvalue weighted by atomic mass is 32.1. The van der Waals surface area contributed by atoms with Crippen molar-refractivity contribution in [3.63, 3.8) is 0 Å². The fraction of sp³-hybridized carbons (Fsp3) is 0.733. The molecule has 1 aromatic heterocycles. The van der Waals surface area contributed by atoms with E-state index in [0.717, 1.165) is 18.4 Å². The number of hydrogen-bond donors (Lipinski definition) is 3. The van der Waals surface area contributed by atoms with Gasteiger partial charge in [0.25, 0.3) is 0 Å². The Balaban J connectivity index is 1.54. The van der Waals surface area contributed by atoms with Crippen LogP contribution in [0.4, 0.5) is 0 Å². The van der Waals surface area contributed by atoms with Crippen molar-refractivity contribution in [3.05, 3.63) is 22.4 Å². The van der Waals surface area contributed by atoms with Crippen LogP contribution in [0.2, 0.25) is 0 Å². The highest BCUT2D eigenvalue weighted by molar-refractivity contribution is 7.07. The number of ether oxygens (including phenoxy) is 1. The van der Waals surface area contributed by atoms with E-state index < -0.39 is 12.2 Å². The van der Waals surface area contributed by atoms with E-state index >= 15 is 0 Å². The van der Waals surface area contributed by atoms with Crippen molar-refractivity contribution in [2.45, 2.75) is 50.4 Å². The summed E-state index contributed by atoms with van der Waals surface area (Å²) in [5.41, 5.74) is 0.926. The first-order chi connectivity index (χ1) is 9.75. The number of nitrogens with one attached hydrogen (secondary N) is 1. The lowest BCUT2D eigenvalue weighted by Crippen LogP contribution is -2.34. The Bertz CT molecular complexity index is 352. The Morgan fingerprint density at radius 1 is 1.25 bits per heavy atom. The van der Waals surface area contributed by atoms with Gasteiger partial charge < -0.3 is 20.3 Å². The molecule has 1 aliphatic rings. The maximum absolute atomic E-state index is 9.89. The first-order valence-corrected chi connectivity index (χ1v) is 8.40. The normalized spacial score (nSPS) is 19.9. The second-order valence-electron chi connectivity index (χ2n) is 5.48. The summed E-state index contributed by atoms with van der Waals surface area (Å²) in [6, 6.07) is 1.92. The highest BCUT2D eigenvalue weighted by Crippen LogP contribution is 2.20. The fourth-order valence-corrected chi connectivity index (χ4v) is 3.21. The van der Waals surface area contributed by atoms with Gasteiger partial charge >= 0.3 is 0 Å². The molecule has 0 bridgehead atoms. The van der Waals surface area contributed by atoms with Crippen molar-refractivity contribution in [1.82, 2.24) is 5.32 Å². The third kappa shape index (κ3) is 5.50. The van der Waals surface area contributed by atoms with Crippen LogP contribution < -0.4 is 5.32 Å². The summed E-state index contributed by atoms with van der Waals surface area (Å²) < 4.78 is 5.72. The van der Waals surface area contributed by atoms with E-state index in [1.54, 1.807) is 11.3 Å². The molecule has 1 heterocycles. The summed E-state index contributed by atoms with van der Waals surface area (Å²) in [6.45, 7) is 1.29. The van der Waals surface area contributed by atoms with Gasteiger partial charge in [-0.2, -0.15) is 11.3 Å². The molecule has 1 saturated carbocycles. The van der Waals surface area contributed by atoms with Crippen LogP contribution in [0.5, 0.6) is 0 Å². The van der Waals surface area contributed by atoms with Crippen molar-refractivity contribution in [3.8, 4) is 0 Å². The lowest BCUT2D eigenvalue weighted by atomic mass is 9.98. The molecule has 1 aromatic rings. The van der Waals surface area contributed by atoms with Gasteiger partial charge in [0.2, 0.25) is 0 Å². The Morgan fingerprint density at radius 3 is 2.75 bits per heavy atom. The Hall–Kier alpha value is -0.460. The van der Waals surface area contributed by atoms with Crippen LogP contribution in [0.25, 0.3) is 0 Å². The van der Waals surface area contributed by atoms with E-state index in [0.29, 0.717) is 25.8 Å². The van der Waals surface area contributed by atoms with Crippen LogP contribution in [-0.4, -0.2) is 42.1 Å². The Kier molecular flexibility index (Phi) is 6.96. The van der Waals surface area contributed by atoms with E-state index in [9.17, 15) is 10.2 Å². The standard InChI is InChI=1S/C15H25NO3S/c17-13(10-19-14-4-2-1-3-5-14)8-16-9-15(18)12-6-7-20-11-12/h6-7,11,13-18H,1-5,8-10H2. The number of hydrogen-bond acceptors (Lipinski definition) is 5.